The number of nitrogens with zero attached hydrogens (tertiary/aromatic N) is 3. The third-order valence-corrected chi connectivity index (χ3v) is 6.61. The number of hydrogen-bond acceptors (Lipinski definition) is 5. The van der Waals surface area contributed by atoms with Crippen molar-refractivity contribution < 1.29 is 8.42 Å². The molecule has 3 rings (SSSR count). The molecule has 2 aromatic rings. The van der Waals surface area contributed by atoms with E-state index in [2.05, 4.69) is 4.98 Å². The van der Waals surface area contributed by atoms with Gasteiger partial charge in [0.25, 0.3) is 10.0 Å². The van der Waals surface area contributed by atoms with Crippen molar-refractivity contribution in [3.05, 3.63) is 48.3 Å². The highest BCUT2D eigenvalue weighted by atomic mass is 32.2. The molecule has 0 radical (unpaired) electrons. The topological polar surface area (TPSA) is 74.1 Å². The van der Waals surface area contributed by atoms with Crippen molar-refractivity contribution in [2.45, 2.75) is 22.8 Å². The van der Waals surface area contributed by atoms with E-state index in [-0.39, 0.29) is 16.6 Å². The Hall–Kier alpha value is -2.04. The number of nitriles is 1. The van der Waals surface area contributed by atoms with Gasteiger partial charge in [-0.25, -0.2) is 13.4 Å². The van der Waals surface area contributed by atoms with E-state index in [1.165, 1.54) is 22.6 Å². The molecule has 1 atom stereocenters. The van der Waals surface area contributed by atoms with Gasteiger partial charge in [-0.05, 0) is 31.2 Å². The van der Waals surface area contributed by atoms with Crippen molar-refractivity contribution in [2.24, 2.45) is 0 Å². The lowest BCUT2D eigenvalue weighted by molar-refractivity contribution is 0.583. The van der Waals surface area contributed by atoms with Crippen LogP contribution in [0.25, 0.3) is 0 Å². The van der Waals surface area contributed by atoms with Crippen molar-refractivity contribution >= 4 is 27.5 Å². The van der Waals surface area contributed by atoms with Crippen LogP contribution < -0.4 is 4.31 Å². The Labute approximate surface area is 133 Å². The molecule has 22 heavy (non-hydrogen) atoms. The first-order valence-electron chi connectivity index (χ1n) is 6.66. The minimum atomic E-state index is -3.70. The fourth-order valence-electron chi connectivity index (χ4n) is 2.36. The SMILES string of the molecule is CC1CSc2ccccc2N1S(=O)(=O)c1ccc(C#N)nc1. The second-order valence-corrected chi connectivity index (χ2v) is 7.80. The van der Waals surface area contributed by atoms with Crippen LogP contribution in [0.5, 0.6) is 0 Å². The molecule has 112 valence electrons. The van der Waals surface area contributed by atoms with Crippen LogP contribution in [0.15, 0.2) is 52.4 Å². The summed E-state index contributed by atoms with van der Waals surface area (Å²) in [6.07, 6.45) is 1.24. The Morgan fingerprint density at radius 3 is 2.77 bits per heavy atom. The Morgan fingerprint density at radius 2 is 2.09 bits per heavy atom. The third kappa shape index (κ3) is 2.45. The first-order chi connectivity index (χ1) is 10.5. The Bertz CT molecular complexity index is 842. The van der Waals surface area contributed by atoms with E-state index in [0.29, 0.717) is 11.4 Å². The van der Waals surface area contributed by atoms with Gasteiger partial charge in [0, 0.05) is 16.8 Å². The van der Waals surface area contributed by atoms with Gasteiger partial charge in [0.15, 0.2) is 0 Å². The molecular weight excluding hydrogens is 318 g/mol. The van der Waals surface area contributed by atoms with Crippen LogP contribution in [0, 0.1) is 11.3 Å². The molecule has 0 N–H and O–H groups in total. The van der Waals surface area contributed by atoms with Gasteiger partial charge in [-0.15, -0.1) is 11.8 Å². The number of pyridine rings is 1. The number of fused-ring (bicyclic) bond motifs is 1. The molecule has 1 aromatic carbocycles. The highest BCUT2D eigenvalue weighted by molar-refractivity contribution is 8.00. The molecule has 0 spiro atoms. The van der Waals surface area contributed by atoms with Crippen molar-refractivity contribution in [2.75, 3.05) is 10.1 Å². The fraction of sp³-hybridized carbons (Fsp3) is 0.200. The van der Waals surface area contributed by atoms with Crippen LogP contribution in [-0.4, -0.2) is 25.2 Å². The lowest BCUT2D eigenvalue weighted by Gasteiger charge is -2.35. The van der Waals surface area contributed by atoms with Gasteiger partial charge < -0.3 is 0 Å². The number of hydrogen-bond donors (Lipinski definition) is 0. The number of aromatic nitrogens is 1. The molecule has 1 aliphatic rings. The smallest absolute Gasteiger partial charge is 0.262 e. The molecule has 2 heterocycles. The number of benzene rings is 1. The van der Waals surface area contributed by atoms with E-state index in [9.17, 15) is 8.42 Å². The van der Waals surface area contributed by atoms with Gasteiger partial charge in [0.05, 0.1) is 11.7 Å². The van der Waals surface area contributed by atoms with E-state index >= 15 is 0 Å². The minimum Gasteiger partial charge on any atom is -0.262 e. The second kappa shape index (κ2) is 5.63. The molecular formula is C15H13N3O2S2. The van der Waals surface area contributed by atoms with Crippen LogP contribution in [0.1, 0.15) is 12.6 Å². The van der Waals surface area contributed by atoms with Gasteiger partial charge in [-0.2, -0.15) is 5.26 Å². The first kappa shape index (κ1) is 14.9. The van der Waals surface area contributed by atoms with Crippen LogP contribution in [0.3, 0.4) is 0 Å². The maximum absolute atomic E-state index is 13.0. The zero-order valence-electron chi connectivity index (χ0n) is 11.8. The summed E-state index contributed by atoms with van der Waals surface area (Å²) < 4.78 is 27.4. The zero-order chi connectivity index (χ0) is 15.7. The molecule has 0 saturated heterocycles. The number of thioether (sulfide) groups is 1. The lowest BCUT2D eigenvalue weighted by atomic mass is 10.3. The molecule has 0 bridgehead atoms. The molecule has 0 saturated carbocycles. The summed E-state index contributed by atoms with van der Waals surface area (Å²) in [5, 5.41) is 8.78. The monoisotopic (exact) mass is 331 g/mol. The summed E-state index contributed by atoms with van der Waals surface area (Å²) in [5.74, 6) is 0.694. The van der Waals surface area contributed by atoms with Crippen molar-refractivity contribution in [1.29, 1.82) is 5.26 Å². The maximum Gasteiger partial charge on any atom is 0.266 e. The van der Waals surface area contributed by atoms with E-state index in [0.717, 1.165) is 4.90 Å². The molecule has 0 fully saturated rings. The summed E-state index contributed by atoms with van der Waals surface area (Å²) in [7, 11) is -3.70. The Kier molecular flexibility index (Phi) is 3.81. The molecule has 1 unspecified atom stereocenters. The molecule has 7 heteroatoms. The van der Waals surface area contributed by atoms with Crippen LogP contribution in [0.4, 0.5) is 5.69 Å². The van der Waals surface area contributed by atoms with Gasteiger partial charge in [0.1, 0.15) is 16.7 Å². The number of anilines is 1. The number of sulfonamides is 1. The van der Waals surface area contributed by atoms with Crippen molar-refractivity contribution in [3.8, 4) is 6.07 Å². The summed E-state index contributed by atoms with van der Waals surface area (Å²) in [6, 6.07) is 12.0. The van der Waals surface area contributed by atoms with Crippen molar-refractivity contribution in [3.63, 3.8) is 0 Å². The standard InChI is InChI=1S/C15H13N3O2S2/c1-11-10-21-15-5-3-2-4-14(15)18(11)22(19,20)13-7-6-12(8-16)17-9-13/h2-7,9,11H,10H2,1H3. The highest BCUT2D eigenvalue weighted by Crippen LogP contribution is 2.40. The quantitative estimate of drug-likeness (QED) is 0.846. The molecule has 1 aliphatic heterocycles. The van der Waals surface area contributed by atoms with E-state index in [1.54, 1.807) is 11.8 Å². The minimum absolute atomic E-state index is 0.0973. The Balaban J connectivity index is 2.10. The zero-order valence-corrected chi connectivity index (χ0v) is 13.4. The summed E-state index contributed by atoms with van der Waals surface area (Å²) in [5.41, 5.74) is 0.886. The van der Waals surface area contributed by atoms with Crippen LogP contribution in [0.2, 0.25) is 0 Å². The average Bonchev–Trinajstić information content (AvgIpc) is 2.54. The average molecular weight is 331 g/mol. The molecule has 5 nitrogen and oxygen atoms in total. The first-order valence-corrected chi connectivity index (χ1v) is 9.09. The van der Waals surface area contributed by atoms with Gasteiger partial charge in [0.2, 0.25) is 0 Å². The van der Waals surface area contributed by atoms with Crippen LogP contribution >= 0.6 is 11.8 Å². The second-order valence-electron chi connectivity index (χ2n) is 4.92. The maximum atomic E-state index is 13.0. The predicted molar refractivity (Wildman–Crippen MR) is 85.2 cm³/mol. The molecule has 0 amide bonds. The normalized spacial score (nSPS) is 17.6. The van der Waals surface area contributed by atoms with Crippen LogP contribution in [-0.2, 0) is 10.0 Å². The number of para-hydroxylation sites is 1. The van der Waals surface area contributed by atoms with E-state index < -0.39 is 10.0 Å². The summed E-state index contributed by atoms with van der Waals surface area (Å²) >= 11 is 1.65. The molecule has 0 aliphatic carbocycles. The largest absolute Gasteiger partial charge is 0.266 e. The van der Waals surface area contributed by atoms with E-state index in [1.807, 2.05) is 37.3 Å². The third-order valence-electron chi connectivity index (χ3n) is 3.39. The number of rotatable bonds is 2. The van der Waals surface area contributed by atoms with Gasteiger partial charge in [-0.1, -0.05) is 12.1 Å². The summed E-state index contributed by atoms with van der Waals surface area (Å²) in [6.45, 7) is 1.89. The molecule has 1 aromatic heterocycles. The highest BCUT2D eigenvalue weighted by Gasteiger charge is 2.34. The predicted octanol–water partition coefficient (Wildman–Crippen LogP) is 2.64. The van der Waals surface area contributed by atoms with E-state index in [4.69, 9.17) is 5.26 Å². The van der Waals surface area contributed by atoms with Gasteiger partial charge in [-0.3, -0.25) is 4.31 Å². The van der Waals surface area contributed by atoms with Crippen molar-refractivity contribution in [1.82, 2.24) is 4.98 Å². The van der Waals surface area contributed by atoms with Gasteiger partial charge >= 0.3 is 0 Å². The lowest BCUT2D eigenvalue weighted by Crippen LogP contribution is -2.42. The Morgan fingerprint density at radius 1 is 1.32 bits per heavy atom. The fourth-order valence-corrected chi connectivity index (χ4v) is 5.19. The summed E-state index contributed by atoms with van der Waals surface area (Å²) in [4.78, 5) is 4.91.